The van der Waals surface area contributed by atoms with Gasteiger partial charge in [0, 0.05) is 31.2 Å². The lowest BCUT2D eigenvalue weighted by Crippen LogP contribution is -2.30. The predicted molar refractivity (Wildman–Crippen MR) is 124 cm³/mol. The van der Waals surface area contributed by atoms with Gasteiger partial charge in [0.25, 0.3) is 0 Å². The van der Waals surface area contributed by atoms with Crippen LogP contribution in [0, 0.1) is 6.92 Å². The quantitative estimate of drug-likeness (QED) is 0.461. The third kappa shape index (κ3) is 5.04. The maximum atomic E-state index is 6.36. The normalized spacial score (nSPS) is 17.4. The Balaban J connectivity index is 1.57. The molecular formula is C26H29ClN2O. The van der Waals surface area contributed by atoms with Crippen LogP contribution in [0.2, 0.25) is 5.02 Å². The second-order valence-electron chi connectivity index (χ2n) is 7.94. The molecule has 30 heavy (non-hydrogen) atoms. The Morgan fingerprint density at radius 3 is 2.23 bits per heavy atom. The minimum atomic E-state index is 0.204. The van der Waals surface area contributed by atoms with Crippen molar-refractivity contribution in [1.29, 1.82) is 0 Å². The third-order valence-electron chi connectivity index (χ3n) is 5.60. The minimum absolute atomic E-state index is 0.204. The van der Waals surface area contributed by atoms with E-state index in [1.807, 2.05) is 13.0 Å². The van der Waals surface area contributed by atoms with Crippen molar-refractivity contribution < 1.29 is 4.74 Å². The third-order valence-corrected chi connectivity index (χ3v) is 5.84. The maximum absolute atomic E-state index is 6.36. The van der Waals surface area contributed by atoms with Crippen LogP contribution in [-0.4, -0.2) is 29.5 Å². The molecule has 0 amide bonds. The highest BCUT2D eigenvalue weighted by atomic mass is 35.5. The summed E-state index contributed by atoms with van der Waals surface area (Å²) in [6.07, 6.45) is 0.204. The molecule has 1 saturated heterocycles. The van der Waals surface area contributed by atoms with Crippen molar-refractivity contribution >= 4 is 11.6 Å². The van der Waals surface area contributed by atoms with Gasteiger partial charge in [-0.3, -0.25) is 9.80 Å². The molecule has 0 unspecified atom stereocenters. The Hall–Kier alpha value is -2.33. The van der Waals surface area contributed by atoms with Crippen LogP contribution in [-0.2, 0) is 13.1 Å². The lowest BCUT2D eigenvalue weighted by atomic mass is 10.1. The van der Waals surface area contributed by atoms with E-state index in [0.29, 0.717) is 6.61 Å². The number of ether oxygens (including phenoxy) is 1. The van der Waals surface area contributed by atoms with Gasteiger partial charge in [0.1, 0.15) is 5.75 Å². The summed E-state index contributed by atoms with van der Waals surface area (Å²) < 4.78 is 5.59. The van der Waals surface area contributed by atoms with Gasteiger partial charge in [-0.25, -0.2) is 0 Å². The molecule has 0 radical (unpaired) electrons. The lowest BCUT2D eigenvalue weighted by Gasteiger charge is -2.31. The highest BCUT2D eigenvalue weighted by molar-refractivity contribution is 6.30. The number of halogens is 1. The van der Waals surface area contributed by atoms with Crippen molar-refractivity contribution in [2.45, 2.75) is 33.1 Å². The summed E-state index contributed by atoms with van der Waals surface area (Å²) in [6.45, 7) is 8.73. The molecule has 1 heterocycles. The van der Waals surface area contributed by atoms with Gasteiger partial charge in [-0.2, -0.15) is 0 Å². The monoisotopic (exact) mass is 420 g/mol. The van der Waals surface area contributed by atoms with Gasteiger partial charge in [-0.1, -0.05) is 65.7 Å². The summed E-state index contributed by atoms with van der Waals surface area (Å²) in [6, 6.07) is 25.6. The second kappa shape index (κ2) is 9.65. The largest absolute Gasteiger partial charge is 0.494 e. The highest BCUT2D eigenvalue weighted by Crippen LogP contribution is 2.34. The van der Waals surface area contributed by atoms with E-state index in [9.17, 15) is 0 Å². The second-order valence-corrected chi connectivity index (χ2v) is 8.37. The summed E-state index contributed by atoms with van der Waals surface area (Å²) in [4.78, 5) is 5.09. The fourth-order valence-corrected chi connectivity index (χ4v) is 4.49. The first-order chi connectivity index (χ1) is 14.6. The molecule has 0 aliphatic carbocycles. The van der Waals surface area contributed by atoms with Gasteiger partial charge in [0.05, 0.1) is 12.8 Å². The molecule has 0 saturated carbocycles. The zero-order chi connectivity index (χ0) is 20.9. The first kappa shape index (κ1) is 20.9. The number of aryl methyl sites for hydroxylation is 1. The molecule has 3 aromatic carbocycles. The number of rotatable bonds is 7. The van der Waals surface area contributed by atoms with Crippen molar-refractivity contribution in [3.63, 3.8) is 0 Å². The van der Waals surface area contributed by atoms with Crippen LogP contribution in [0.5, 0.6) is 5.75 Å². The number of benzene rings is 3. The summed E-state index contributed by atoms with van der Waals surface area (Å²) in [5.74, 6) is 0.926. The summed E-state index contributed by atoms with van der Waals surface area (Å²) in [5.41, 5.74) is 5.20. The zero-order valence-electron chi connectivity index (χ0n) is 17.7. The highest BCUT2D eigenvalue weighted by Gasteiger charge is 2.33. The van der Waals surface area contributed by atoms with Crippen LogP contribution in [0.4, 0.5) is 0 Å². The van der Waals surface area contributed by atoms with Crippen LogP contribution < -0.4 is 4.74 Å². The molecule has 1 aliphatic rings. The van der Waals surface area contributed by atoms with Crippen molar-refractivity contribution in [3.05, 3.63) is 100 Å². The first-order valence-electron chi connectivity index (χ1n) is 10.6. The number of hydrogen-bond donors (Lipinski definition) is 0. The standard InChI is InChI=1S/C26H29ClN2O/c1-3-30-25-12-10-21(11-13-25)18-28-14-15-29(19-22-7-4-6-20(2)16-22)26(28)23-8-5-9-24(27)17-23/h4-13,16-17,26H,3,14-15,18-19H2,1-2H3/t26-/m1/s1. The maximum Gasteiger partial charge on any atom is 0.119 e. The first-order valence-corrected chi connectivity index (χ1v) is 11.0. The molecular weight excluding hydrogens is 392 g/mol. The molecule has 3 nitrogen and oxygen atoms in total. The Morgan fingerprint density at radius 1 is 0.867 bits per heavy atom. The predicted octanol–water partition coefficient (Wildman–Crippen LogP) is 6.06. The van der Waals surface area contributed by atoms with Gasteiger partial charge in [-0.05, 0) is 54.8 Å². The molecule has 0 aromatic heterocycles. The van der Waals surface area contributed by atoms with Crippen molar-refractivity contribution in [3.8, 4) is 5.75 Å². The van der Waals surface area contributed by atoms with Gasteiger partial charge in [0.2, 0.25) is 0 Å². The lowest BCUT2D eigenvalue weighted by molar-refractivity contribution is 0.126. The summed E-state index contributed by atoms with van der Waals surface area (Å²) in [5, 5.41) is 0.788. The summed E-state index contributed by atoms with van der Waals surface area (Å²) >= 11 is 6.36. The van der Waals surface area contributed by atoms with Crippen LogP contribution in [0.3, 0.4) is 0 Å². The SMILES string of the molecule is CCOc1ccc(CN2CCN(Cc3cccc(C)c3)[C@@H]2c2cccc(Cl)c2)cc1. The fourth-order valence-electron chi connectivity index (χ4n) is 4.29. The van der Waals surface area contributed by atoms with Gasteiger partial charge in [-0.15, -0.1) is 0 Å². The average molecular weight is 421 g/mol. The van der Waals surface area contributed by atoms with Crippen molar-refractivity contribution in [2.24, 2.45) is 0 Å². The Labute approximate surface area is 184 Å². The molecule has 0 bridgehead atoms. The fraction of sp³-hybridized carbons (Fsp3) is 0.308. The molecule has 4 heteroatoms. The van der Waals surface area contributed by atoms with E-state index in [-0.39, 0.29) is 6.17 Å². The molecule has 4 rings (SSSR count). The van der Waals surface area contributed by atoms with Crippen molar-refractivity contribution in [1.82, 2.24) is 9.80 Å². The Kier molecular flexibility index (Phi) is 6.73. The minimum Gasteiger partial charge on any atom is -0.494 e. The molecule has 3 aromatic rings. The molecule has 1 aliphatic heterocycles. The van der Waals surface area contributed by atoms with Gasteiger partial charge in [0.15, 0.2) is 0 Å². The van der Waals surface area contributed by atoms with Gasteiger partial charge < -0.3 is 4.74 Å². The molecule has 1 atom stereocenters. The van der Waals surface area contributed by atoms with Crippen LogP contribution in [0.15, 0.2) is 72.8 Å². The van der Waals surface area contributed by atoms with E-state index in [0.717, 1.165) is 37.0 Å². The summed E-state index contributed by atoms with van der Waals surface area (Å²) in [7, 11) is 0. The molecule has 0 N–H and O–H groups in total. The van der Waals surface area contributed by atoms with E-state index in [1.165, 1.54) is 22.3 Å². The van der Waals surface area contributed by atoms with Crippen LogP contribution in [0.1, 0.15) is 35.3 Å². The van der Waals surface area contributed by atoms with E-state index in [1.54, 1.807) is 0 Å². The number of nitrogens with zero attached hydrogens (tertiary/aromatic N) is 2. The zero-order valence-corrected chi connectivity index (χ0v) is 18.5. The Morgan fingerprint density at radius 2 is 1.57 bits per heavy atom. The van der Waals surface area contributed by atoms with E-state index in [2.05, 4.69) is 83.5 Å². The van der Waals surface area contributed by atoms with Crippen molar-refractivity contribution in [2.75, 3.05) is 19.7 Å². The average Bonchev–Trinajstić information content (AvgIpc) is 3.11. The molecule has 0 spiro atoms. The van der Waals surface area contributed by atoms with E-state index in [4.69, 9.17) is 16.3 Å². The van der Waals surface area contributed by atoms with E-state index >= 15 is 0 Å². The number of hydrogen-bond acceptors (Lipinski definition) is 3. The smallest absolute Gasteiger partial charge is 0.119 e. The molecule has 1 fully saturated rings. The Bertz CT molecular complexity index is 973. The van der Waals surface area contributed by atoms with Gasteiger partial charge >= 0.3 is 0 Å². The molecule has 156 valence electrons. The van der Waals surface area contributed by atoms with E-state index < -0.39 is 0 Å². The van der Waals surface area contributed by atoms with Crippen LogP contribution >= 0.6 is 11.6 Å². The topological polar surface area (TPSA) is 15.7 Å². The van der Waals surface area contributed by atoms with Crippen LogP contribution in [0.25, 0.3) is 0 Å².